The molecule has 168 valence electrons. The van der Waals surface area contributed by atoms with E-state index in [9.17, 15) is 13.2 Å². The van der Waals surface area contributed by atoms with Gasteiger partial charge in [0.05, 0.1) is 12.7 Å². The summed E-state index contributed by atoms with van der Waals surface area (Å²) in [6.45, 7) is 19.6. The Morgan fingerprint density at radius 3 is 2.52 bits per heavy atom. The van der Waals surface area contributed by atoms with E-state index in [1.54, 1.807) is 19.1 Å². The third-order valence-electron chi connectivity index (χ3n) is 5.67. The van der Waals surface area contributed by atoms with Crippen molar-refractivity contribution in [3.8, 4) is 5.75 Å². The highest BCUT2D eigenvalue weighted by Crippen LogP contribution is 2.39. The van der Waals surface area contributed by atoms with Crippen molar-refractivity contribution in [3.05, 3.63) is 90.5 Å². The van der Waals surface area contributed by atoms with Gasteiger partial charge in [0.2, 0.25) is 5.82 Å². The second-order valence-corrected chi connectivity index (χ2v) is 7.72. The number of fused-ring (bicyclic) bond motifs is 1. The molecule has 0 bridgehead atoms. The smallest absolute Gasteiger partial charge is 0.201 e. The lowest BCUT2D eigenvalue weighted by Crippen LogP contribution is -2.24. The molecular weight excluding hydrogens is 401 g/mol. The van der Waals surface area contributed by atoms with E-state index in [1.807, 2.05) is 0 Å². The van der Waals surface area contributed by atoms with Crippen molar-refractivity contribution < 1.29 is 22.6 Å². The van der Waals surface area contributed by atoms with Crippen LogP contribution in [0.1, 0.15) is 43.7 Å². The van der Waals surface area contributed by atoms with Gasteiger partial charge < -0.3 is 9.47 Å². The Balaban J connectivity index is 0.00000166. The van der Waals surface area contributed by atoms with E-state index in [4.69, 9.17) is 9.47 Å². The van der Waals surface area contributed by atoms with Gasteiger partial charge in [0.15, 0.2) is 23.2 Å². The largest absolute Gasteiger partial charge is 0.450 e. The summed E-state index contributed by atoms with van der Waals surface area (Å²) in [6.07, 6.45) is 5.44. The molecule has 2 aliphatic rings. The van der Waals surface area contributed by atoms with Crippen molar-refractivity contribution in [2.45, 2.75) is 51.6 Å². The van der Waals surface area contributed by atoms with E-state index in [1.165, 1.54) is 0 Å². The molecular formula is C26H31F3O2. The van der Waals surface area contributed by atoms with Crippen molar-refractivity contribution in [2.75, 3.05) is 6.61 Å². The van der Waals surface area contributed by atoms with Gasteiger partial charge in [-0.1, -0.05) is 26.2 Å². The van der Waals surface area contributed by atoms with Crippen molar-refractivity contribution in [1.29, 1.82) is 0 Å². The Kier molecular flexibility index (Phi) is 8.93. The highest BCUT2D eigenvalue weighted by atomic mass is 19.2. The van der Waals surface area contributed by atoms with Crippen molar-refractivity contribution in [2.24, 2.45) is 5.92 Å². The molecule has 2 aliphatic heterocycles. The third kappa shape index (κ3) is 5.59. The molecule has 3 rings (SSSR count). The first-order valence-electron chi connectivity index (χ1n) is 10.5. The van der Waals surface area contributed by atoms with Crippen molar-refractivity contribution in [3.63, 3.8) is 0 Å². The van der Waals surface area contributed by atoms with Crippen LogP contribution in [0, 0.1) is 17.6 Å². The molecule has 2 nitrogen and oxygen atoms in total. The quantitative estimate of drug-likeness (QED) is 0.439. The zero-order chi connectivity index (χ0) is 23.1. The molecule has 2 atom stereocenters. The van der Waals surface area contributed by atoms with Crippen LogP contribution >= 0.6 is 0 Å². The molecule has 31 heavy (non-hydrogen) atoms. The van der Waals surface area contributed by atoms with Crippen LogP contribution in [0.4, 0.5) is 13.2 Å². The summed E-state index contributed by atoms with van der Waals surface area (Å²) in [7, 11) is 0. The van der Waals surface area contributed by atoms with Gasteiger partial charge in [0, 0.05) is 12.0 Å². The lowest BCUT2D eigenvalue weighted by atomic mass is 9.90. The van der Waals surface area contributed by atoms with Gasteiger partial charge in [-0.05, 0) is 60.8 Å². The van der Waals surface area contributed by atoms with E-state index < -0.39 is 17.5 Å². The maximum absolute atomic E-state index is 14.7. The van der Waals surface area contributed by atoms with Gasteiger partial charge in [-0.25, -0.2) is 8.78 Å². The minimum absolute atomic E-state index is 0.0822. The number of halogens is 3. The fourth-order valence-electron chi connectivity index (χ4n) is 3.74. The van der Waals surface area contributed by atoms with Crippen LogP contribution in [0.2, 0.25) is 0 Å². The molecule has 2 heterocycles. The average Bonchev–Trinajstić information content (AvgIpc) is 2.80. The summed E-state index contributed by atoms with van der Waals surface area (Å²) in [4.78, 5) is 0. The van der Waals surface area contributed by atoms with E-state index >= 15 is 0 Å². The van der Waals surface area contributed by atoms with Crippen LogP contribution in [-0.4, -0.2) is 12.7 Å². The van der Waals surface area contributed by atoms with E-state index in [-0.39, 0.29) is 29.6 Å². The first-order valence-corrected chi connectivity index (χ1v) is 10.5. The summed E-state index contributed by atoms with van der Waals surface area (Å²) in [6, 6.07) is 1.61. The summed E-state index contributed by atoms with van der Waals surface area (Å²) in [5.41, 5.74) is 1.40. The standard InChI is InChI=1S/C24H27F3O2.C2H4/c1-5-14(3)20(25)23-15(4)11-18-12-17(21(26)22(27)24(18)29-23)9-7-16-8-10-19(6-2)28-13-16;1-2/h6,12,16,19H,2-5,7-11,13H2,1H3;1-2H2/b23-20-;. The normalized spacial score (nSPS) is 21.9. The van der Waals surface area contributed by atoms with Gasteiger partial charge in [0.25, 0.3) is 0 Å². The van der Waals surface area contributed by atoms with Crippen LogP contribution in [-0.2, 0) is 17.6 Å². The molecule has 0 aliphatic carbocycles. The molecule has 1 aromatic carbocycles. The molecule has 1 aromatic rings. The maximum atomic E-state index is 14.7. The monoisotopic (exact) mass is 432 g/mol. The molecule has 0 aromatic heterocycles. The van der Waals surface area contributed by atoms with Crippen LogP contribution < -0.4 is 4.74 Å². The Morgan fingerprint density at radius 1 is 1.23 bits per heavy atom. The molecule has 5 heteroatoms. The van der Waals surface area contributed by atoms with Crippen LogP contribution in [0.5, 0.6) is 5.75 Å². The number of aryl methyl sites for hydroxylation is 1. The van der Waals surface area contributed by atoms with Crippen molar-refractivity contribution in [1.82, 2.24) is 0 Å². The number of hydrogen-bond donors (Lipinski definition) is 0. The van der Waals surface area contributed by atoms with Crippen LogP contribution in [0.15, 0.2) is 67.8 Å². The summed E-state index contributed by atoms with van der Waals surface area (Å²) < 4.78 is 55.0. The Hall–Kier alpha value is -2.53. The molecule has 1 fully saturated rings. The highest BCUT2D eigenvalue weighted by molar-refractivity contribution is 5.51. The lowest BCUT2D eigenvalue weighted by Gasteiger charge is -2.27. The van der Waals surface area contributed by atoms with E-state index in [0.717, 1.165) is 12.8 Å². The highest BCUT2D eigenvalue weighted by Gasteiger charge is 2.29. The molecule has 0 radical (unpaired) electrons. The fraction of sp³-hybridized carbons (Fsp3) is 0.385. The summed E-state index contributed by atoms with van der Waals surface area (Å²) in [5, 5.41) is 0. The molecule has 0 saturated carbocycles. The molecule has 1 saturated heterocycles. The molecule has 2 unspecified atom stereocenters. The zero-order valence-electron chi connectivity index (χ0n) is 18.2. The second-order valence-electron chi connectivity index (χ2n) is 7.72. The number of hydrogen-bond acceptors (Lipinski definition) is 2. The maximum Gasteiger partial charge on any atom is 0.201 e. The van der Waals surface area contributed by atoms with Crippen LogP contribution in [0.25, 0.3) is 0 Å². The SMILES string of the molecule is C=C.C=CC1CCC(CCc2cc3c(c(F)c2F)O/C(=C(\F)C(=C)CC)C(=C)C3)CO1. The van der Waals surface area contributed by atoms with Crippen LogP contribution in [0.3, 0.4) is 0 Å². The van der Waals surface area contributed by atoms with Gasteiger partial charge in [0.1, 0.15) is 0 Å². The lowest BCUT2D eigenvalue weighted by molar-refractivity contribution is 0.00879. The Morgan fingerprint density at radius 2 is 1.94 bits per heavy atom. The van der Waals surface area contributed by atoms with Gasteiger partial charge in [-0.15, -0.1) is 19.7 Å². The zero-order valence-corrected chi connectivity index (χ0v) is 18.2. The van der Waals surface area contributed by atoms with Gasteiger partial charge in [-0.2, -0.15) is 4.39 Å². The predicted octanol–water partition coefficient (Wildman–Crippen LogP) is 7.32. The Bertz CT molecular complexity index is 877. The predicted molar refractivity (Wildman–Crippen MR) is 120 cm³/mol. The second kappa shape index (κ2) is 11.2. The number of ether oxygens (including phenoxy) is 2. The fourth-order valence-corrected chi connectivity index (χ4v) is 3.74. The third-order valence-corrected chi connectivity index (χ3v) is 5.67. The first-order chi connectivity index (χ1) is 14.8. The number of rotatable bonds is 6. The first kappa shape index (κ1) is 24.7. The van der Waals surface area contributed by atoms with Gasteiger partial charge >= 0.3 is 0 Å². The number of benzene rings is 1. The van der Waals surface area contributed by atoms with E-state index in [0.29, 0.717) is 48.5 Å². The minimum Gasteiger partial charge on any atom is -0.450 e. The Labute approximate surface area is 183 Å². The molecule has 0 N–H and O–H groups in total. The van der Waals surface area contributed by atoms with Crippen molar-refractivity contribution >= 4 is 0 Å². The topological polar surface area (TPSA) is 18.5 Å². The molecule has 0 amide bonds. The minimum atomic E-state index is -1.08. The van der Waals surface area contributed by atoms with Gasteiger partial charge in [-0.3, -0.25) is 0 Å². The molecule has 0 spiro atoms. The summed E-state index contributed by atoms with van der Waals surface area (Å²) >= 11 is 0. The number of allylic oxidation sites excluding steroid dienone is 3. The summed E-state index contributed by atoms with van der Waals surface area (Å²) in [5.74, 6) is -2.80. The van der Waals surface area contributed by atoms with E-state index in [2.05, 4.69) is 32.9 Å². The average molecular weight is 433 g/mol.